The van der Waals surface area contributed by atoms with Gasteiger partial charge in [0.15, 0.2) is 9.84 Å². The van der Waals surface area contributed by atoms with E-state index >= 15 is 0 Å². The average Bonchev–Trinajstić information content (AvgIpc) is 3.20. The van der Waals surface area contributed by atoms with Crippen LogP contribution >= 0.6 is 0 Å². The summed E-state index contributed by atoms with van der Waals surface area (Å²) in [7, 11) is -3.05. The van der Waals surface area contributed by atoms with E-state index in [0.29, 0.717) is 11.4 Å². The molecule has 0 spiro atoms. The molecule has 0 amide bonds. The maximum atomic E-state index is 12.0. The molecule has 2 saturated carbocycles. The molecule has 3 rings (SSSR count). The van der Waals surface area contributed by atoms with Gasteiger partial charge in [0.1, 0.15) is 0 Å². The summed E-state index contributed by atoms with van der Waals surface area (Å²) in [5, 5.41) is -0.127. The van der Waals surface area contributed by atoms with Crippen molar-refractivity contribution in [2.75, 3.05) is 6.54 Å². The van der Waals surface area contributed by atoms with Crippen molar-refractivity contribution in [2.24, 2.45) is 5.73 Å². The Labute approximate surface area is 102 Å². The van der Waals surface area contributed by atoms with Gasteiger partial charge in [0.25, 0.3) is 0 Å². The van der Waals surface area contributed by atoms with Crippen LogP contribution in [0.1, 0.15) is 31.2 Å². The van der Waals surface area contributed by atoms with Gasteiger partial charge in [0.2, 0.25) is 0 Å². The highest BCUT2D eigenvalue weighted by atomic mass is 32.2. The topological polar surface area (TPSA) is 60.2 Å². The molecule has 92 valence electrons. The van der Waals surface area contributed by atoms with Crippen molar-refractivity contribution in [2.45, 2.75) is 41.2 Å². The van der Waals surface area contributed by atoms with E-state index in [2.05, 4.69) is 0 Å². The maximum absolute atomic E-state index is 12.0. The lowest BCUT2D eigenvalue weighted by atomic mass is 9.96. The van der Waals surface area contributed by atoms with Crippen molar-refractivity contribution < 1.29 is 8.42 Å². The maximum Gasteiger partial charge on any atom is 0.181 e. The molecule has 4 heteroatoms. The van der Waals surface area contributed by atoms with Crippen LogP contribution in [0.3, 0.4) is 0 Å². The zero-order valence-electron chi connectivity index (χ0n) is 9.72. The Morgan fingerprint density at radius 2 is 1.76 bits per heavy atom. The van der Waals surface area contributed by atoms with E-state index < -0.39 is 9.84 Å². The van der Waals surface area contributed by atoms with Crippen LogP contribution < -0.4 is 5.73 Å². The van der Waals surface area contributed by atoms with Gasteiger partial charge in [-0.1, -0.05) is 12.1 Å². The summed E-state index contributed by atoms with van der Waals surface area (Å²) < 4.78 is 24.0. The molecule has 0 aliphatic heterocycles. The van der Waals surface area contributed by atoms with Gasteiger partial charge < -0.3 is 5.73 Å². The van der Waals surface area contributed by atoms with Crippen molar-refractivity contribution in [3.05, 3.63) is 29.8 Å². The fourth-order valence-electron chi connectivity index (χ4n) is 2.33. The van der Waals surface area contributed by atoms with Crippen LogP contribution in [0.4, 0.5) is 0 Å². The summed E-state index contributed by atoms with van der Waals surface area (Å²) in [6, 6.07) is 7.38. The van der Waals surface area contributed by atoms with Crippen LogP contribution in [0, 0.1) is 0 Å². The van der Waals surface area contributed by atoms with E-state index in [1.807, 2.05) is 12.1 Å². The standard InChI is InChI=1S/C13H17NO2S/c14-9-13(7-8-13)10-1-3-11(4-2-10)17(15,16)12-5-6-12/h1-4,12H,5-9,14H2. The molecule has 1 aromatic carbocycles. The Bertz CT molecular complexity index is 525. The second-order valence-electron chi connectivity index (χ2n) is 5.25. The third-order valence-electron chi connectivity index (χ3n) is 4.00. The zero-order chi connectivity index (χ0) is 12.1. The SMILES string of the molecule is NCC1(c2ccc(S(=O)(=O)C3CC3)cc2)CC1. The van der Waals surface area contributed by atoms with Gasteiger partial charge in [-0.05, 0) is 43.4 Å². The largest absolute Gasteiger partial charge is 0.330 e. The first-order chi connectivity index (χ1) is 8.08. The highest BCUT2D eigenvalue weighted by Gasteiger charge is 2.43. The van der Waals surface area contributed by atoms with Gasteiger partial charge in [0, 0.05) is 12.0 Å². The molecule has 0 unspecified atom stereocenters. The van der Waals surface area contributed by atoms with E-state index in [1.165, 1.54) is 5.56 Å². The van der Waals surface area contributed by atoms with E-state index in [4.69, 9.17) is 5.73 Å². The predicted octanol–water partition coefficient (Wildman–Crippen LogP) is 1.61. The molecule has 1 aromatic rings. The highest BCUT2D eigenvalue weighted by Crippen LogP contribution is 2.47. The van der Waals surface area contributed by atoms with Crippen molar-refractivity contribution in [3.8, 4) is 0 Å². The van der Waals surface area contributed by atoms with Gasteiger partial charge in [-0.15, -0.1) is 0 Å². The van der Waals surface area contributed by atoms with Crippen molar-refractivity contribution >= 4 is 9.84 Å². The molecule has 2 N–H and O–H groups in total. The van der Waals surface area contributed by atoms with Crippen LogP contribution in [-0.4, -0.2) is 20.2 Å². The summed E-state index contributed by atoms with van der Waals surface area (Å²) in [5.74, 6) is 0. The molecule has 2 fully saturated rings. The first-order valence-corrected chi connectivity index (χ1v) is 7.68. The molecule has 0 radical (unpaired) electrons. The predicted molar refractivity (Wildman–Crippen MR) is 66.6 cm³/mol. The van der Waals surface area contributed by atoms with Crippen LogP contribution in [0.5, 0.6) is 0 Å². The average molecular weight is 251 g/mol. The first-order valence-electron chi connectivity index (χ1n) is 6.13. The molecular weight excluding hydrogens is 234 g/mol. The zero-order valence-corrected chi connectivity index (χ0v) is 10.5. The van der Waals surface area contributed by atoms with E-state index in [1.54, 1.807) is 12.1 Å². The quantitative estimate of drug-likeness (QED) is 0.884. The van der Waals surface area contributed by atoms with Crippen LogP contribution in [0.2, 0.25) is 0 Å². The van der Waals surface area contributed by atoms with E-state index in [0.717, 1.165) is 25.7 Å². The summed E-state index contributed by atoms with van der Waals surface area (Å²) >= 11 is 0. The Balaban J connectivity index is 1.90. The molecule has 0 saturated heterocycles. The molecule has 0 bridgehead atoms. The molecule has 3 nitrogen and oxygen atoms in total. The molecule has 0 aromatic heterocycles. The van der Waals surface area contributed by atoms with Crippen LogP contribution in [0.15, 0.2) is 29.2 Å². The molecular formula is C13H17NO2S. The fraction of sp³-hybridized carbons (Fsp3) is 0.538. The Kier molecular flexibility index (Phi) is 2.35. The monoisotopic (exact) mass is 251 g/mol. The molecule has 2 aliphatic rings. The van der Waals surface area contributed by atoms with Crippen molar-refractivity contribution in [1.29, 1.82) is 0 Å². The van der Waals surface area contributed by atoms with Crippen LogP contribution in [0.25, 0.3) is 0 Å². The molecule has 2 aliphatic carbocycles. The van der Waals surface area contributed by atoms with Gasteiger partial charge in [-0.2, -0.15) is 0 Å². The summed E-state index contributed by atoms with van der Waals surface area (Å²) in [6.45, 7) is 0.654. The number of hydrogen-bond donors (Lipinski definition) is 1. The minimum absolute atomic E-state index is 0.127. The summed E-state index contributed by atoms with van der Waals surface area (Å²) in [6.07, 6.45) is 3.88. The van der Waals surface area contributed by atoms with E-state index in [9.17, 15) is 8.42 Å². The lowest BCUT2D eigenvalue weighted by Crippen LogP contribution is -2.19. The summed E-state index contributed by atoms with van der Waals surface area (Å²) in [5.41, 5.74) is 7.09. The lowest BCUT2D eigenvalue weighted by molar-refractivity contribution is 0.594. The van der Waals surface area contributed by atoms with E-state index in [-0.39, 0.29) is 10.7 Å². The third-order valence-corrected chi connectivity index (χ3v) is 6.28. The van der Waals surface area contributed by atoms with Crippen molar-refractivity contribution in [3.63, 3.8) is 0 Å². The van der Waals surface area contributed by atoms with Gasteiger partial charge in [-0.3, -0.25) is 0 Å². The molecule has 0 heterocycles. The smallest absolute Gasteiger partial charge is 0.181 e. The van der Waals surface area contributed by atoms with Crippen molar-refractivity contribution in [1.82, 2.24) is 0 Å². The number of hydrogen-bond acceptors (Lipinski definition) is 3. The van der Waals surface area contributed by atoms with Gasteiger partial charge in [0.05, 0.1) is 10.1 Å². The minimum atomic E-state index is -3.05. The Hall–Kier alpha value is -0.870. The number of nitrogens with two attached hydrogens (primary N) is 1. The fourth-order valence-corrected chi connectivity index (χ4v) is 3.99. The molecule has 17 heavy (non-hydrogen) atoms. The van der Waals surface area contributed by atoms with Gasteiger partial charge >= 0.3 is 0 Å². The number of benzene rings is 1. The number of rotatable bonds is 4. The summed E-state index contributed by atoms with van der Waals surface area (Å²) in [4.78, 5) is 0.469. The Morgan fingerprint density at radius 3 is 2.18 bits per heavy atom. The Morgan fingerprint density at radius 1 is 1.18 bits per heavy atom. The normalized spacial score (nSPS) is 22.4. The second kappa shape index (κ2) is 3.56. The number of sulfone groups is 1. The lowest BCUT2D eigenvalue weighted by Gasteiger charge is -2.13. The highest BCUT2D eigenvalue weighted by molar-refractivity contribution is 7.92. The van der Waals surface area contributed by atoms with Gasteiger partial charge in [-0.25, -0.2) is 8.42 Å². The first kappa shape index (κ1) is 11.2. The minimum Gasteiger partial charge on any atom is -0.330 e. The second-order valence-corrected chi connectivity index (χ2v) is 7.48. The third kappa shape index (κ3) is 1.79. The molecule has 0 atom stereocenters. The van der Waals surface area contributed by atoms with Crippen LogP contribution in [-0.2, 0) is 15.3 Å².